The molecular formula is C54H54S2. The summed E-state index contributed by atoms with van der Waals surface area (Å²) in [5, 5.41) is 10.8. The molecule has 2 heterocycles. The lowest BCUT2D eigenvalue weighted by atomic mass is 9.98. The van der Waals surface area contributed by atoms with E-state index in [4.69, 9.17) is 0 Å². The minimum Gasteiger partial charge on any atom is -0.135 e. The van der Waals surface area contributed by atoms with Gasteiger partial charge in [-0.05, 0) is 94.1 Å². The Bertz CT molecular complexity index is 2570. The fourth-order valence-corrected chi connectivity index (χ4v) is 11.5. The number of unbranched alkanes of at least 4 members (excludes halogenated alkanes) is 10. The highest BCUT2D eigenvalue weighted by molar-refractivity contribution is 7.27. The molecule has 2 aromatic heterocycles. The van der Waals surface area contributed by atoms with Gasteiger partial charge in [-0.2, -0.15) is 0 Å². The van der Waals surface area contributed by atoms with E-state index in [2.05, 4.69) is 135 Å². The van der Waals surface area contributed by atoms with Crippen molar-refractivity contribution in [2.75, 3.05) is 0 Å². The first kappa shape index (κ1) is 37.1. The fourth-order valence-electron chi connectivity index (χ4n) is 8.92. The molecule has 0 aliphatic heterocycles. The second-order valence-electron chi connectivity index (χ2n) is 16.2. The van der Waals surface area contributed by atoms with Crippen molar-refractivity contribution in [3.63, 3.8) is 0 Å². The van der Waals surface area contributed by atoms with Crippen molar-refractivity contribution >= 4 is 84.6 Å². The normalized spacial score (nSPS) is 12.0. The Labute approximate surface area is 341 Å². The second kappa shape index (κ2) is 16.9. The Morgan fingerprint density at radius 3 is 1.12 bits per heavy atom. The molecule has 9 rings (SSSR count). The largest absolute Gasteiger partial charge is 0.135 e. The zero-order chi connectivity index (χ0) is 37.8. The monoisotopic (exact) mass is 766 g/mol. The van der Waals surface area contributed by atoms with Crippen LogP contribution in [0.15, 0.2) is 121 Å². The van der Waals surface area contributed by atoms with Crippen LogP contribution in [0.4, 0.5) is 0 Å². The minimum atomic E-state index is 1.19. The van der Waals surface area contributed by atoms with Gasteiger partial charge in [0.05, 0.1) is 0 Å². The molecule has 56 heavy (non-hydrogen) atoms. The summed E-state index contributed by atoms with van der Waals surface area (Å²) in [4.78, 5) is 0. The standard InChI is InChI=1S/C54H54S2/c1-3-5-7-9-11-13-15-37-17-21-39(22-18-37)41-25-29-45-47-31-27-43-34-50-44(33-49(43)53(47)55-51(45)35-41)28-32-48-46-30-26-42(36-52(46)56-54(48)50)40-23-19-38(20-24-40)16-14-12-10-8-6-4-2/h17-36H,3-16H2,1-2H3. The number of thiophene rings is 2. The summed E-state index contributed by atoms with van der Waals surface area (Å²) in [6.07, 6.45) is 18.6. The molecule has 0 amide bonds. The van der Waals surface area contributed by atoms with Gasteiger partial charge in [0.25, 0.3) is 0 Å². The lowest BCUT2D eigenvalue weighted by Gasteiger charge is -2.06. The van der Waals surface area contributed by atoms with Crippen LogP contribution in [-0.2, 0) is 12.8 Å². The molecule has 0 bridgehead atoms. The number of fused-ring (bicyclic) bond motifs is 10. The van der Waals surface area contributed by atoms with Gasteiger partial charge in [-0.1, -0.05) is 175 Å². The SMILES string of the molecule is CCCCCCCCc1ccc(-c2ccc3c(c2)sc2c4cc5ccc6c7ccc(-c8ccc(CCCCCCCC)cc8)cc7sc6c5cc4ccc32)cc1. The van der Waals surface area contributed by atoms with E-state index in [0.717, 1.165) is 0 Å². The molecular weight excluding hydrogens is 713 g/mol. The van der Waals surface area contributed by atoms with Gasteiger partial charge in [-0.25, -0.2) is 0 Å². The first-order chi connectivity index (χ1) is 27.7. The Hall–Kier alpha value is -4.50. The number of aryl methyl sites for hydroxylation is 2. The van der Waals surface area contributed by atoms with Gasteiger partial charge in [-0.15, -0.1) is 22.7 Å². The van der Waals surface area contributed by atoms with E-state index in [1.165, 1.54) is 185 Å². The van der Waals surface area contributed by atoms with Gasteiger partial charge >= 0.3 is 0 Å². The Kier molecular flexibility index (Phi) is 11.2. The first-order valence-corrected chi connectivity index (χ1v) is 23.2. The maximum atomic E-state index is 2.45. The van der Waals surface area contributed by atoms with E-state index < -0.39 is 0 Å². The van der Waals surface area contributed by atoms with Crippen molar-refractivity contribution in [1.29, 1.82) is 0 Å². The third-order valence-electron chi connectivity index (χ3n) is 12.2. The van der Waals surface area contributed by atoms with Gasteiger partial charge in [0, 0.05) is 51.1 Å². The van der Waals surface area contributed by atoms with Crippen molar-refractivity contribution < 1.29 is 0 Å². The van der Waals surface area contributed by atoms with E-state index in [9.17, 15) is 0 Å². The molecule has 0 aliphatic carbocycles. The zero-order valence-corrected chi connectivity index (χ0v) is 34.9. The van der Waals surface area contributed by atoms with Crippen molar-refractivity contribution in [2.24, 2.45) is 0 Å². The summed E-state index contributed by atoms with van der Waals surface area (Å²) in [5.41, 5.74) is 8.15. The average Bonchev–Trinajstić information content (AvgIpc) is 3.81. The molecule has 282 valence electrons. The number of hydrogen-bond donors (Lipinski definition) is 0. The molecule has 0 N–H and O–H groups in total. The van der Waals surface area contributed by atoms with E-state index in [1.54, 1.807) is 0 Å². The zero-order valence-electron chi connectivity index (χ0n) is 33.3. The summed E-state index contributed by atoms with van der Waals surface area (Å²) >= 11 is 3.90. The molecule has 0 saturated carbocycles. The summed E-state index contributed by atoms with van der Waals surface area (Å²) < 4.78 is 5.52. The lowest BCUT2D eigenvalue weighted by molar-refractivity contribution is 0.607. The van der Waals surface area contributed by atoms with Crippen molar-refractivity contribution in [3.05, 3.63) is 132 Å². The Morgan fingerprint density at radius 1 is 0.321 bits per heavy atom. The highest BCUT2D eigenvalue weighted by Crippen LogP contribution is 2.44. The van der Waals surface area contributed by atoms with E-state index in [1.807, 2.05) is 22.7 Å². The van der Waals surface area contributed by atoms with Crippen LogP contribution in [0.25, 0.3) is 84.1 Å². The highest BCUT2D eigenvalue weighted by atomic mass is 32.1. The molecule has 0 atom stereocenters. The van der Waals surface area contributed by atoms with Gasteiger partial charge in [-0.3, -0.25) is 0 Å². The molecule has 2 heteroatoms. The maximum absolute atomic E-state index is 2.45. The van der Waals surface area contributed by atoms with Crippen LogP contribution in [0.5, 0.6) is 0 Å². The van der Waals surface area contributed by atoms with E-state index in [-0.39, 0.29) is 0 Å². The third kappa shape index (κ3) is 7.63. The predicted molar refractivity (Wildman–Crippen MR) is 252 cm³/mol. The van der Waals surface area contributed by atoms with Gasteiger partial charge in [0.15, 0.2) is 0 Å². The number of rotatable bonds is 16. The van der Waals surface area contributed by atoms with E-state index in [0.29, 0.717) is 0 Å². The summed E-state index contributed by atoms with van der Waals surface area (Å²) in [5.74, 6) is 0. The molecule has 0 saturated heterocycles. The van der Waals surface area contributed by atoms with Crippen LogP contribution >= 0.6 is 22.7 Å². The molecule has 0 spiro atoms. The molecule has 0 aliphatic rings. The summed E-state index contributed by atoms with van der Waals surface area (Å²) in [7, 11) is 0. The molecule has 0 fully saturated rings. The van der Waals surface area contributed by atoms with Crippen LogP contribution in [0.1, 0.15) is 102 Å². The second-order valence-corrected chi connectivity index (χ2v) is 18.3. The molecule has 0 unspecified atom stereocenters. The molecule has 0 nitrogen and oxygen atoms in total. The first-order valence-electron chi connectivity index (χ1n) is 21.5. The highest BCUT2D eigenvalue weighted by Gasteiger charge is 2.14. The molecule has 9 aromatic rings. The van der Waals surface area contributed by atoms with Gasteiger partial charge in [0.1, 0.15) is 0 Å². The lowest BCUT2D eigenvalue weighted by Crippen LogP contribution is -1.87. The molecule has 0 radical (unpaired) electrons. The summed E-state index contributed by atoms with van der Waals surface area (Å²) in [6, 6.07) is 47.1. The van der Waals surface area contributed by atoms with Gasteiger partial charge in [0.2, 0.25) is 0 Å². The van der Waals surface area contributed by atoms with Crippen LogP contribution in [0.3, 0.4) is 0 Å². The van der Waals surface area contributed by atoms with Gasteiger partial charge < -0.3 is 0 Å². The number of benzene rings is 7. The fraction of sp³-hybridized carbons (Fsp3) is 0.296. The van der Waals surface area contributed by atoms with Crippen LogP contribution in [0.2, 0.25) is 0 Å². The third-order valence-corrected chi connectivity index (χ3v) is 14.6. The number of hydrogen-bond acceptors (Lipinski definition) is 2. The molecule has 7 aromatic carbocycles. The van der Waals surface area contributed by atoms with Crippen LogP contribution in [-0.4, -0.2) is 0 Å². The average molecular weight is 767 g/mol. The minimum absolute atomic E-state index is 1.19. The maximum Gasteiger partial charge on any atom is 0.0434 e. The smallest absolute Gasteiger partial charge is 0.0434 e. The van der Waals surface area contributed by atoms with Crippen molar-refractivity contribution in [2.45, 2.75) is 104 Å². The Morgan fingerprint density at radius 2 is 0.696 bits per heavy atom. The van der Waals surface area contributed by atoms with Crippen molar-refractivity contribution in [1.82, 2.24) is 0 Å². The summed E-state index contributed by atoms with van der Waals surface area (Å²) in [6.45, 7) is 4.58. The van der Waals surface area contributed by atoms with E-state index >= 15 is 0 Å². The quantitative estimate of drug-likeness (QED) is 0.0679. The Balaban J connectivity index is 0.968. The topological polar surface area (TPSA) is 0 Å². The van der Waals surface area contributed by atoms with Crippen LogP contribution < -0.4 is 0 Å². The van der Waals surface area contributed by atoms with Crippen molar-refractivity contribution in [3.8, 4) is 22.3 Å². The van der Waals surface area contributed by atoms with Crippen LogP contribution in [0, 0.1) is 0 Å². The predicted octanol–water partition coefficient (Wildman–Crippen LogP) is 17.9.